The summed E-state index contributed by atoms with van der Waals surface area (Å²) >= 11 is 0. The average molecular weight is 467 g/mol. The number of hydrogen-bond acceptors (Lipinski definition) is 6. The summed E-state index contributed by atoms with van der Waals surface area (Å²) in [6, 6.07) is 14.5. The van der Waals surface area contributed by atoms with Crippen molar-refractivity contribution in [2.45, 2.75) is 44.4 Å². The predicted octanol–water partition coefficient (Wildman–Crippen LogP) is 4.95. The van der Waals surface area contributed by atoms with Crippen LogP contribution in [0, 0.1) is 13.8 Å². The Kier molecular flexibility index (Phi) is 6.83. The molecule has 174 valence electrons. The highest BCUT2D eigenvalue weighted by Gasteiger charge is 2.21. The summed E-state index contributed by atoms with van der Waals surface area (Å²) in [7, 11) is -2.37. The molecule has 0 aliphatic carbocycles. The van der Waals surface area contributed by atoms with Gasteiger partial charge in [0.15, 0.2) is 5.82 Å². The van der Waals surface area contributed by atoms with Gasteiger partial charge in [-0.15, -0.1) is 10.2 Å². The summed E-state index contributed by atoms with van der Waals surface area (Å²) in [6.07, 6.45) is 4.88. The van der Waals surface area contributed by atoms with Gasteiger partial charge in [0, 0.05) is 24.3 Å². The molecule has 0 unspecified atom stereocenters. The second-order valence-corrected chi connectivity index (χ2v) is 10.1. The Morgan fingerprint density at radius 2 is 1.64 bits per heavy atom. The highest BCUT2D eigenvalue weighted by atomic mass is 32.2. The number of nitrogens with zero attached hydrogens (tertiary/aromatic N) is 3. The third-order valence-corrected chi connectivity index (χ3v) is 7.46. The van der Waals surface area contributed by atoms with E-state index in [2.05, 4.69) is 19.8 Å². The van der Waals surface area contributed by atoms with Crippen LogP contribution < -0.4 is 14.4 Å². The van der Waals surface area contributed by atoms with E-state index in [0.29, 0.717) is 17.1 Å². The molecule has 7 nitrogen and oxygen atoms in total. The molecule has 1 saturated heterocycles. The van der Waals surface area contributed by atoms with E-state index in [1.165, 1.54) is 32.8 Å². The number of methoxy groups -OCH3 is 1. The summed E-state index contributed by atoms with van der Waals surface area (Å²) < 4.78 is 34.2. The highest BCUT2D eigenvalue weighted by molar-refractivity contribution is 7.92. The van der Waals surface area contributed by atoms with Crippen LogP contribution in [0.2, 0.25) is 0 Å². The lowest BCUT2D eigenvalue weighted by Gasteiger charge is -2.20. The van der Waals surface area contributed by atoms with Gasteiger partial charge in [0.25, 0.3) is 10.0 Å². The molecule has 8 heteroatoms. The van der Waals surface area contributed by atoms with Crippen LogP contribution in [0.25, 0.3) is 11.3 Å². The molecule has 1 aliphatic rings. The number of ether oxygens (including phenoxy) is 1. The molecule has 1 aromatic heterocycles. The number of aryl methyl sites for hydroxylation is 2. The first kappa shape index (κ1) is 23.0. The number of hydrogen-bond donors (Lipinski definition) is 1. The van der Waals surface area contributed by atoms with Gasteiger partial charge in [-0.05, 0) is 74.2 Å². The number of aromatic nitrogens is 2. The van der Waals surface area contributed by atoms with Crippen LogP contribution in [-0.4, -0.2) is 38.8 Å². The van der Waals surface area contributed by atoms with E-state index in [1.807, 2.05) is 32.0 Å². The van der Waals surface area contributed by atoms with E-state index in [1.54, 1.807) is 30.3 Å². The molecule has 3 aromatic rings. The van der Waals surface area contributed by atoms with E-state index in [4.69, 9.17) is 4.74 Å². The van der Waals surface area contributed by atoms with Crippen molar-refractivity contribution >= 4 is 21.5 Å². The lowest BCUT2D eigenvalue weighted by atomic mass is 10.1. The monoisotopic (exact) mass is 466 g/mol. The smallest absolute Gasteiger partial charge is 0.265 e. The highest BCUT2D eigenvalue weighted by Crippen LogP contribution is 2.30. The molecule has 0 amide bonds. The van der Waals surface area contributed by atoms with Crippen molar-refractivity contribution in [2.75, 3.05) is 29.8 Å². The molecule has 0 spiro atoms. The zero-order valence-electron chi connectivity index (χ0n) is 19.3. The fourth-order valence-corrected chi connectivity index (χ4v) is 5.32. The first-order valence-electron chi connectivity index (χ1n) is 11.2. The normalized spacial score (nSPS) is 14.6. The minimum atomic E-state index is -3.84. The van der Waals surface area contributed by atoms with Crippen molar-refractivity contribution in [1.29, 1.82) is 0 Å². The van der Waals surface area contributed by atoms with E-state index in [0.717, 1.165) is 35.6 Å². The van der Waals surface area contributed by atoms with Crippen molar-refractivity contribution in [3.63, 3.8) is 0 Å². The number of nitrogens with one attached hydrogen (secondary N) is 1. The van der Waals surface area contributed by atoms with Crippen LogP contribution in [0.4, 0.5) is 11.5 Å². The number of rotatable bonds is 6. The Hall–Kier alpha value is -3.13. The minimum Gasteiger partial charge on any atom is -0.495 e. The Morgan fingerprint density at radius 3 is 2.30 bits per heavy atom. The predicted molar refractivity (Wildman–Crippen MR) is 131 cm³/mol. The van der Waals surface area contributed by atoms with Gasteiger partial charge >= 0.3 is 0 Å². The maximum absolute atomic E-state index is 13.1. The average Bonchev–Trinajstić information content (AvgIpc) is 3.10. The second-order valence-electron chi connectivity index (χ2n) is 8.45. The topological polar surface area (TPSA) is 84.4 Å². The zero-order valence-corrected chi connectivity index (χ0v) is 20.2. The fraction of sp³-hybridized carbons (Fsp3) is 0.360. The Morgan fingerprint density at radius 1 is 0.909 bits per heavy atom. The molecule has 0 bridgehead atoms. The van der Waals surface area contributed by atoms with Crippen LogP contribution in [0.3, 0.4) is 0 Å². The van der Waals surface area contributed by atoms with Gasteiger partial charge in [-0.1, -0.05) is 25.0 Å². The Balaban J connectivity index is 1.56. The van der Waals surface area contributed by atoms with Crippen molar-refractivity contribution in [1.82, 2.24) is 10.2 Å². The molecule has 2 heterocycles. The number of sulfonamides is 1. The molecule has 33 heavy (non-hydrogen) atoms. The molecule has 1 aliphatic heterocycles. The summed E-state index contributed by atoms with van der Waals surface area (Å²) in [5.41, 5.74) is 3.78. The van der Waals surface area contributed by atoms with E-state index < -0.39 is 10.0 Å². The van der Waals surface area contributed by atoms with Crippen LogP contribution in [-0.2, 0) is 10.0 Å². The third kappa shape index (κ3) is 5.27. The summed E-state index contributed by atoms with van der Waals surface area (Å²) in [5, 5.41) is 8.84. The third-order valence-electron chi connectivity index (χ3n) is 6.06. The first-order chi connectivity index (χ1) is 15.9. The summed E-state index contributed by atoms with van der Waals surface area (Å²) in [5.74, 6) is 1.20. The van der Waals surface area contributed by atoms with Gasteiger partial charge < -0.3 is 9.64 Å². The van der Waals surface area contributed by atoms with Gasteiger partial charge in [-0.3, -0.25) is 4.72 Å². The van der Waals surface area contributed by atoms with Crippen LogP contribution >= 0.6 is 0 Å². The van der Waals surface area contributed by atoms with Crippen molar-refractivity contribution in [3.05, 3.63) is 59.7 Å². The van der Waals surface area contributed by atoms with Gasteiger partial charge in [0.1, 0.15) is 10.6 Å². The lowest BCUT2D eigenvalue weighted by Crippen LogP contribution is -2.25. The molecule has 4 rings (SSSR count). The Labute approximate surface area is 195 Å². The van der Waals surface area contributed by atoms with Crippen molar-refractivity contribution < 1.29 is 13.2 Å². The Bertz CT molecular complexity index is 1220. The maximum atomic E-state index is 13.1. The lowest BCUT2D eigenvalue weighted by molar-refractivity contribution is 0.402. The van der Waals surface area contributed by atoms with Crippen molar-refractivity contribution in [3.8, 4) is 17.0 Å². The molecule has 0 saturated carbocycles. The van der Waals surface area contributed by atoms with Gasteiger partial charge in [-0.25, -0.2) is 8.42 Å². The molecular formula is C25H30N4O3S. The molecule has 0 radical (unpaired) electrons. The van der Waals surface area contributed by atoms with Crippen molar-refractivity contribution in [2.24, 2.45) is 0 Å². The first-order valence-corrected chi connectivity index (χ1v) is 12.7. The number of benzene rings is 2. The zero-order chi connectivity index (χ0) is 23.4. The van der Waals surface area contributed by atoms with Crippen LogP contribution in [0.15, 0.2) is 53.4 Å². The van der Waals surface area contributed by atoms with Gasteiger partial charge in [0.05, 0.1) is 12.8 Å². The summed E-state index contributed by atoms with van der Waals surface area (Å²) in [6.45, 7) is 5.81. The SMILES string of the molecule is COc1cc(C)c(C)cc1S(=O)(=O)Nc1cccc(-c2ccc(N3CCCCCC3)nn2)c1. The van der Waals surface area contributed by atoms with Gasteiger partial charge in [0.2, 0.25) is 0 Å². The largest absolute Gasteiger partial charge is 0.495 e. The quantitative estimate of drug-likeness (QED) is 0.553. The maximum Gasteiger partial charge on any atom is 0.265 e. The summed E-state index contributed by atoms with van der Waals surface area (Å²) in [4.78, 5) is 2.39. The van der Waals surface area contributed by atoms with E-state index >= 15 is 0 Å². The van der Waals surface area contributed by atoms with E-state index in [-0.39, 0.29) is 4.90 Å². The molecule has 2 aromatic carbocycles. The van der Waals surface area contributed by atoms with Crippen LogP contribution in [0.5, 0.6) is 5.75 Å². The number of anilines is 2. The van der Waals surface area contributed by atoms with E-state index in [9.17, 15) is 8.42 Å². The molecule has 0 atom stereocenters. The molecule has 1 fully saturated rings. The second kappa shape index (κ2) is 9.79. The molecule has 1 N–H and O–H groups in total. The van der Waals surface area contributed by atoms with Crippen LogP contribution in [0.1, 0.15) is 36.8 Å². The molecular weight excluding hydrogens is 436 g/mol. The fourth-order valence-electron chi connectivity index (χ4n) is 4.03. The van der Waals surface area contributed by atoms with Gasteiger partial charge in [-0.2, -0.15) is 0 Å². The minimum absolute atomic E-state index is 0.111. The standard InChI is InChI=1S/C25H30N4O3S/c1-18-15-23(32-3)24(16-19(18)2)33(30,31)28-21-10-8-9-20(17-21)22-11-12-25(27-26-22)29-13-6-4-5-7-14-29/h8-12,15-17,28H,4-7,13-14H2,1-3H3.